The summed E-state index contributed by atoms with van der Waals surface area (Å²) in [5, 5.41) is 6.26. The van der Waals surface area contributed by atoms with E-state index in [2.05, 4.69) is 22.6 Å². The van der Waals surface area contributed by atoms with E-state index in [-0.39, 0.29) is 11.9 Å². The second-order valence-corrected chi connectivity index (χ2v) is 4.94. The number of piperidine rings is 1. The summed E-state index contributed by atoms with van der Waals surface area (Å²) in [6.07, 6.45) is 4.34. The van der Waals surface area contributed by atoms with Gasteiger partial charge in [-0.05, 0) is 32.9 Å². The minimum Gasteiger partial charge on any atom is -0.385 e. The molecular weight excluding hydrogens is 230 g/mol. The molecule has 0 spiro atoms. The highest BCUT2D eigenvalue weighted by molar-refractivity contribution is 5.81. The molecule has 5 nitrogen and oxygen atoms in total. The summed E-state index contributed by atoms with van der Waals surface area (Å²) >= 11 is 0. The number of nitrogens with zero attached hydrogens (tertiary/aromatic N) is 1. The fraction of sp³-hybridized carbons (Fsp3) is 0.923. The van der Waals surface area contributed by atoms with Crippen LogP contribution >= 0.6 is 0 Å². The zero-order chi connectivity index (χ0) is 13.2. The first kappa shape index (κ1) is 15.4. The minimum atomic E-state index is 0.0255. The second-order valence-electron chi connectivity index (χ2n) is 4.94. The summed E-state index contributed by atoms with van der Waals surface area (Å²) in [5.41, 5.74) is 0. The van der Waals surface area contributed by atoms with Crippen LogP contribution in [-0.2, 0) is 9.53 Å². The molecule has 1 rings (SSSR count). The highest BCUT2D eigenvalue weighted by Crippen LogP contribution is 2.06. The lowest BCUT2D eigenvalue weighted by Crippen LogP contribution is -2.48. The Balaban J connectivity index is 2.03. The number of carbonyl (C=O) groups is 1. The van der Waals surface area contributed by atoms with Crippen molar-refractivity contribution in [3.63, 3.8) is 0 Å². The molecule has 106 valence electrons. The number of hydrogen-bond acceptors (Lipinski definition) is 4. The summed E-state index contributed by atoms with van der Waals surface area (Å²) in [4.78, 5) is 14.0. The average Bonchev–Trinajstić information content (AvgIpc) is 2.40. The van der Waals surface area contributed by atoms with Gasteiger partial charge in [0.2, 0.25) is 5.91 Å². The van der Waals surface area contributed by atoms with Crippen LogP contribution in [0.3, 0.4) is 0 Å². The smallest absolute Gasteiger partial charge is 0.237 e. The zero-order valence-corrected chi connectivity index (χ0v) is 11.7. The fourth-order valence-electron chi connectivity index (χ4n) is 2.16. The normalized spacial score (nSPS) is 20.1. The highest BCUT2D eigenvalue weighted by Gasteiger charge is 2.19. The van der Waals surface area contributed by atoms with Gasteiger partial charge in [-0.25, -0.2) is 0 Å². The van der Waals surface area contributed by atoms with Crippen molar-refractivity contribution in [1.29, 1.82) is 0 Å². The van der Waals surface area contributed by atoms with Crippen LogP contribution in [0.2, 0.25) is 0 Å². The highest BCUT2D eigenvalue weighted by atomic mass is 16.5. The number of carbonyl (C=O) groups excluding carboxylic acids is 1. The number of rotatable bonds is 8. The number of nitrogens with one attached hydrogen (secondary N) is 2. The van der Waals surface area contributed by atoms with Gasteiger partial charge < -0.3 is 20.3 Å². The number of likely N-dealkylation sites (N-methyl/N-ethyl adjacent to an activating group) is 1. The molecule has 0 unspecified atom stereocenters. The molecule has 1 heterocycles. The van der Waals surface area contributed by atoms with Gasteiger partial charge in [0.25, 0.3) is 0 Å². The number of amides is 1. The average molecular weight is 257 g/mol. The Bertz CT molecular complexity index is 230. The second kappa shape index (κ2) is 9.30. The molecule has 0 saturated carbocycles. The predicted molar refractivity (Wildman–Crippen MR) is 72.6 cm³/mol. The molecule has 2 N–H and O–H groups in total. The maximum absolute atomic E-state index is 11.8. The van der Waals surface area contributed by atoms with Crippen LogP contribution in [0.4, 0.5) is 0 Å². The lowest BCUT2D eigenvalue weighted by atomic mass is 10.0. The molecule has 1 aliphatic rings. The molecule has 18 heavy (non-hydrogen) atoms. The third-order valence-corrected chi connectivity index (χ3v) is 3.31. The first-order chi connectivity index (χ1) is 8.74. The van der Waals surface area contributed by atoms with E-state index in [4.69, 9.17) is 4.74 Å². The van der Waals surface area contributed by atoms with E-state index in [1.807, 2.05) is 0 Å². The van der Waals surface area contributed by atoms with E-state index in [0.717, 1.165) is 52.0 Å². The van der Waals surface area contributed by atoms with Crippen molar-refractivity contribution >= 4 is 5.91 Å². The van der Waals surface area contributed by atoms with Crippen LogP contribution < -0.4 is 10.6 Å². The van der Waals surface area contributed by atoms with Crippen LogP contribution in [-0.4, -0.2) is 63.8 Å². The predicted octanol–water partition coefficient (Wildman–Crippen LogP) is 0.213. The van der Waals surface area contributed by atoms with E-state index in [1.165, 1.54) is 6.42 Å². The Labute approximate surface area is 110 Å². The van der Waals surface area contributed by atoms with Gasteiger partial charge in [-0.3, -0.25) is 4.79 Å². The Hall–Kier alpha value is -0.650. The lowest BCUT2D eigenvalue weighted by Gasteiger charge is -2.23. The van der Waals surface area contributed by atoms with E-state index in [9.17, 15) is 4.79 Å². The summed E-state index contributed by atoms with van der Waals surface area (Å²) in [5.74, 6) is 0.153. The Morgan fingerprint density at radius 3 is 2.94 bits per heavy atom. The van der Waals surface area contributed by atoms with Crippen molar-refractivity contribution in [2.45, 2.75) is 31.7 Å². The molecule has 1 amide bonds. The summed E-state index contributed by atoms with van der Waals surface area (Å²) in [6.45, 7) is 4.38. The largest absolute Gasteiger partial charge is 0.385 e. The first-order valence-corrected chi connectivity index (χ1v) is 6.92. The van der Waals surface area contributed by atoms with Gasteiger partial charge in [0.05, 0.1) is 6.04 Å². The SMILES string of the molecule is COCCCN(C)CCNC(=O)[C@H]1CCCCN1. The molecular formula is C13H27N3O2. The van der Waals surface area contributed by atoms with Crippen LogP contribution in [0.15, 0.2) is 0 Å². The molecule has 0 bridgehead atoms. The van der Waals surface area contributed by atoms with E-state index >= 15 is 0 Å². The Morgan fingerprint density at radius 1 is 1.44 bits per heavy atom. The van der Waals surface area contributed by atoms with Gasteiger partial charge in [0, 0.05) is 33.4 Å². The van der Waals surface area contributed by atoms with Crippen molar-refractivity contribution in [2.24, 2.45) is 0 Å². The van der Waals surface area contributed by atoms with E-state index in [1.54, 1.807) is 7.11 Å². The summed E-state index contributed by atoms with van der Waals surface area (Å²) in [7, 11) is 3.79. The van der Waals surface area contributed by atoms with Crippen LogP contribution in [0.25, 0.3) is 0 Å². The van der Waals surface area contributed by atoms with Gasteiger partial charge in [-0.2, -0.15) is 0 Å². The molecule has 1 saturated heterocycles. The molecule has 0 radical (unpaired) electrons. The van der Waals surface area contributed by atoms with E-state index in [0.29, 0.717) is 0 Å². The van der Waals surface area contributed by atoms with Crippen molar-refractivity contribution in [2.75, 3.05) is 46.9 Å². The zero-order valence-electron chi connectivity index (χ0n) is 11.7. The maximum atomic E-state index is 11.8. The molecule has 0 aliphatic carbocycles. The monoisotopic (exact) mass is 257 g/mol. The molecule has 0 aromatic rings. The molecule has 5 heteroatoms. The lowest BCUT2D eigenvalue weighted by molar-refractivity contribution is -0.123. The van der Waals surface area contributed by atoms with E-state index < -0.39 is 0 Å². The van der Waals surface area contributed by atoms with Crippen LogP contribution in [0, 0.1) is 0 Å². The Morgan fingerprint density at radius 2 is 2.28 bits per heavy atom. The quantitative estimate of drug-likeness (QED) is 0.611. The van der Waals surface area contributed by atoms with Crippen LogP contribution in [0.5, 0.6) is 0 Å². The molecule has 1 aliphatic heterocycles. The standard InChI is InChI=1S/C13H27N3O2/c1-16(9-5-11-18-2)10-8-15-13(17)12-6-3-4-7-14-12/h12,14H,3-11H2,1-2H3,(H,15,17)/t12-/m1/s1. The summed E-state index contributed by atoms with van der Waals surface area (Å²) < 4.78 is 5.01. The van der Waals surface area contributed by atoms with Gasteiger partial charge in [-0.1, -0.05) is 6.42 Å². The third kappa shape index (κ3) is 6.33. The first-order valence-electron chi connectivity index (χ1n) is 6.92. The molecule has 1 fully saturated rings. The molecule has 0 aromatic heterocycles. The molecule has 0 aromatic carbocycles. The van der Waals surface area contributed by atoms with Crippen LogP contribution in [0.1, 0.15) is 25.7 Å². The van der Waals surface area contributed by atoms with Crippen molar-refractivity contribution in [3.05, 3.63) is 0 Å². The Kier molecular flexibility index (Phi) is 7.96. The van der Waals surface area contributed by atoms with Crippen molar-refractivity contribution in [1.82, 2.24) is 15.5 Å². The van der Waals surface area contributed by atoms with Crippen molar-refractivity contribution in [3.8, 4) is 0 Å². The molecule has 1 atom stereocenters. The maximum Gasteiger partial charge on any atom is 0.237 e. The fourth-order valence-corrected chi connectivity index (χ4v) is 2.16. The number of ether oxygens (including phenoxy) is 1. The number of hydrogen-bond donors (Lipinski definition) is 2. The summed E-state index contributed by atoms with van der Waals surface area (Å²) in [6, 6.07) is 0.0255. The van der Waals surface area contributed by atoms with Gasteiger partial charge in [0.1, 0.15) is 0 Å². The minimum absolute atomic E-state index is 0.0255. The van der Waals surface area contributed by atoms with Crippen molar-refractivity contribution < 1.29 is 9.53 Å². The van der Waals surface area contributed by atoms with Gasteiger partial charge in [0.15, 0.2) is 0 Å². The topological polar surface area (TPSA) is 53.6 Å². The van der Waals surface area contributed by atoms with Gasteiger partial charge >= 0.3 is 0 Å². The number of methoxy groups -OCH3 is 1. The third-order valence-electron chi connectivity index (χ3n) is 3.31. The van der Waals surface area contributed by atoms with Gasteiger partial charge in [-0.15, -0.1) is 0 Å².